The zero-order valence-electron chi connectivity index (χ0n) is 11.1. The van der Waals surface area contributed by atoms with Gasteiger partial charge in [-0.05, 0) is 48.4 Å². The average molecular weight is 296 g/mol. The molecule has 1 aliphatic rings. The van der Waals surface area contributed by atoms with Crippen LogP contribution in [-0.2, 0) is 0 Å². The molecule has 17 heavy (non-hydrogen) atoms. The second kappa shape index (κ2) is 4.74. The average Bonchev–Trinajstić information content (AvgIpc) is 2.32. The lowest BCUT2D eigenvalue weighted by molar-refractivity contribution is -0.0154. The Balaban J connectivity index is 2.29. The van der Waals surface area contributed by atoms with Crippen LogP contribution in [0, 0.1) is 11.3 Å². The van der Waals surface area contributed by atoms with Gasteiger partial charge in [0.2, 0.25) is 0 Å². The van der Waals surface area contributed by atoms with Gasteiger partial charge < -0.3 is 5.32 Å². The Hall–Kier alpha value is -0.340. The molecule has 94 valence electrons. The predicted molar refractivity (Wildman–Crippen MR) is 77.3 cm³/mol. The number of benzene rings is 1. The molecule has 0 saturated heterocycles. The number of nitrogens with one attached hydrogen (secondary N) is 1. The number of hydrogen-bond acceptors (Lipinski definition) is 1. The number of halogens is 1. The normalized spacial score (nSPS) is 36.6. The monoisotopic (exact) mass is 295 g/mol. The van der Waals surface area contributed by atoms with Crippen molar-refractivity contribution in [2.45, 2.75) is 39.2 Å². The fourth-order valence-corrected chi connectivity index (χ4v) is 4.12. The summed E-state index contributed by atoms with van der Waals surface area (Å²) in [6.45, 7) is 7.09. The summed E-state index contributed by atoms with van der Waals surface area (Å²) in [5.41, 5.74) is 1.87. The van der Waals surface area contributed by atoms with Crippen LogP contribution in [0.1, 0.15) is 38.7 Å². The van der Waals surface area contributed by atoms with Crippen molar-refractivity contribution in [3.05, 3.63) is 34.3 Å². The van der Waals surface area contributed by atoms with Gasteiger partial charge in [0, 0.05) is 10.5 Å². The zero-order chi connectivity index (χ0) is 12.6. The SMILES string of the molecule is CCC1(C)C(NC)C(C)C1c1ccc(Br)cc1. The second-order valence-corrected chi connectivity index (χ2v) is 6.43. The van der Waals surface area contributed by atoms with Crippen LogP contribution in [0.3, 0.4) is 0 Å². The quantitative estimate of drug-likeness (QED) is 0.882. The van der Waals surface area contributed by atoms with E-state index in [1.807, 2.05) is 0 Å². The van der Waals surface area contributed by atoms with Crippen molar-refractivity contribution in [1.29, 1.82) is 0 Å². The molecule has 0 heterocycles. The largest absolute Gasteiger partial charge is 0.316 e. The van der Waals surface area contributed by atoms with Crippen LogP contribution in [0.2, 0.25) is 0 Å². The Bertz CT molecular complexity index is 386. The van der Waals surface area contributed by atoms with Gasteiger partial charge in [0.15, 0.2) is 0 Å². The highest BCUT2D eigenvalue weighted by molar-refractivity contribution is 9.10. The van der Waals surface area contributed by atoms with E-state index < -0.39 is 0 Å². The van der Waals surface area contributed by atoms with Gasteiger partial charge in [-0.25, -0.2) is 0 Å². The Morgan fingerprint density at radius 3 is 2.35 bits per heavy atom. The molecule has 0 bridgehead atoms. The minimum Gasteiger partial charge on any atom is -0.316 e. The van der Waals surface area contributed by atoms with Crippen LogP contribution >= 0.6 is 15.9 Å². The molecular formula is C15H22BrN. The molecule has 0 aromatic heterocycles. The predicted octanol–water partition coefficient (Wildman–Crippen LogP) is 4.19. The first-order valence-corrected chi connectivity index (χ1v) is 7.26. The molecule has 1 aromatic carbocycles. The Labute approximate surface area is 113 Å². The highest BCUT2D eigenvalue weighted by Gasteiger charge is 2.55. The third-order valence-corrected chi connectivity index (χ3v) is 5.30. The van der Waals surface area contributed by atoms with E-state index >= 15 is 0 Å². The van der Waals surface area contributed by atoms with Gasteiger partial charge >= 0.3 is 0 Å². The molecule has 0 amide bonds. The van der Waals surface area contributed by atoms with E-state index in [-0.39, 0.29) is 0 Å². The van der Waals surface area contributed by atoms with Crippen molar-refractivity contribution in [2.75, 3.05) is 7.05 Å². The summed E-state index contributed by atoms with van der Waals surface area (Å²) in [7, 11) is 2.09. The highest BCUT2D eigenvalue weighted by Crippen LogP contribution is 2.58. The topological polar surface area (TPSA) is 12.0 Å². The molecular weight excluding hydrogens is 274 g/mol. The van der Waals surface area contributed by atoms with Crippen LogP contribution in [0.4, 0.5) is 0 Å². The van der Waals surface area contributed by atoms with Gasteiger partial charge in [-0.2, -0.15) is 0 Å². The van der Waals surface area contributed by atoms with Gasteiger partial charge in [-0.3, -0.25) is 0 Å². The molecule has 0 aliphatic heterocycles. The molecule has 2 rings (SSSR count). The molecule has 1 N–H and O–H groups in total. The lowest BCUT2D eigenvalue weighted by atomic mass is 9.48. The molecule has 4 unspecified atom stereocenters. The molecule has 1 aromatic rings. The zero-order valence-corrected chi connectivity index (χ0v) is 12.7. The fraction of sp³-hybridized carbons (Fsp3) is 0.600. The van der Waals surface area contributed by atoms with Crippen molar-refractivity contribution >= 4 is 15.9 Å². The van der Waals surface area contributed by atoms with Crippen LogP contribution in [0.25, 0.3) is 0 Å². The summed E-state index contributed by atoms with van der Waals surface area (Å²) in [6, 6.07) is 9.49. The number of hydrogen-bond donors (Lipinski definition) is 1. The maximum Gasteiger partial charge on any atom is 0.0175 e. The van der Waals surface area contributed by atoms with E-state index in [0.29, 0.717) is 23.3 Å². The molecule has 0 radical (unpaired) electrons. The van der Waals surface area contributed by atoms with Crippen LogP contribution in [0.15, 0.2) is 28.7 Å². The van der Waals surface area contributed by atoms with E-state index in [1.54, 1.807) is 0 Å². The summed E-state index contributed by atoms with van der Waals surface area (Å²) < 4.78 is 1.16. The first-order chi connectivity index (χ1) is 8.04. The summed E-state index contributed by atoms with van der Waals surface area (Å²) in [5.74, 6) is 1.39. The third kappa shape index (κ3) is 1.96. The van der Waals surface area contributed by atoms with Crippen molar-refractivity contribution in [3.63, 3.8) is 0 Å². The van der Waals surface area contributed by atoms with Gasteiger partial charge in [0.05, 0.1) is 0 Å². The second-order valence-electron chi connectivity index (χ2n) is 5.51. The van der Waals surface area contributed by atoms with E-state index in [2.05, 4.69) is 73.3 Å². The lowest BCUT2D eigenvalue weighted by Gasteiger charge is -2.59. The summed E-state index contributed by atoms with van der Waals surface area (Å²) in [6.07, 6.45) is 1.23. The van der Waals surface area contributed by atoms with E-state index in [1.165, 1.54) is 12.0 Å². The van der Waals surface area contributed by atoms with E-state index in [4.69, 9.17) is 0 Å². The maximum atomic E-state index is 3.51. The molecule has 1 nitrogen and oxygen atoms in total. The fourth-order valence-electron chi connectivity index (χ4n) is 3.86. The minimum atomic E-state index is 0.391. The summed E-state index contributed by atoms with van der Waals surface area (Å²) >= 11 is 3.51. The highest BCUT2D eigenvalue weighted by atomic mass is 79.9. The van der Waals surface area contributed by atoms with Crippen LogP contribution < -0.4 is 5.32 Å². The molecule has 1 aliphatic carbocycles. The Morgan fingerprint density at radius 1 is 1.29 bits per heavy atom. The molecule has 2 heteroatoms. The lowest BCUT2D eigenvalue weighted by Crippen LogP contribution is -2.61. The van der Waals surface area contributed by atoms with Gasteiger partial charge in [-0.1, -0.05) is 48.8 Å². The van der Waals surface area contributed by atoms with Crippen molar-refractivity contribution in [3.8, 4) is 0 Å². The molecule has 0 spiro atoms. The van der Waals surface area contributed by atoms with Crippen LogP contribution in [-0.4, -0.2) is 13.1 Å². The molecule has 1 saturated carbocycles. The van der Waals surface area contributed by atoms with Crippen molar-refractivity contribution < 1.29 is 0 Å². The van der Waals surface area contributed by atoms with Crippen molar-refractivity contribution in [1.82, 2.24) is 5.32 Å². The van der Waals surface area contributed by atoms with Gasteiger partial charge in [0.1, 0.15) is 0 Å². The third-order valence-electron chi connectivity index (χ3n) is 4.77. The van der Waals surface area contributed by atoms with E-state index in [9.17, 15) is 0 Å². The molecule has 1 fully saturated rings. The summed E-state index contributed by atoms with van der Waals surface area (Å²) in [5, 5.41) is 3.49. The molecule has 4 atom stereocenters. The van der Waals surface area contributed by atoms with Crippen LogP contribution in [0.5, 0.6) is 0 Å². The maximum absolute atomic E-state index is 3.51. The van der Waals surface area contributed by atoms with Gasteiger partial charge in [0.25, 0.3) is 0 Å². The smallest absolute Gasteiger partial charge is 0.0175 e. The number of rotatable bonds is 3. The van der Waals surface area contributed by atoms with Crippen molar-refractivity contribution in [2.24, 2.45) is 11.3 Å². The first kappa shape index (κ1) is 13.1. The van der Waals surface area contributed by atoms with E-state index in [0.717, 1.165) is 4.47 Å². The standard InChI is InChI=1S/C15H22BrN/c1-5-15(3)13(10(2)14(15)17-4)11-6-8-12(16)9-7-11/h6-10,13-14,17H,5H2,1-4H3. The van der Waals surface area contributed by atoms with Gasteiger partial charge in [-0.15, -0.1) is 0 Å². The Morgan fingerprint density at radius 2 is 1.88 bits per heavy atom. The first-order valence-electron chi connectivity index (χ1n) is 6.47. The minimum absolute atomic E-state index is 0.391. The summed E-state index contributed by atoms with van der Waals surface area (Å²) in [4.78, 5) is 0. The Kier molecular flexibility index (Phi) is 3.65.